The summed E-state index contributed by atoms with van der Waals surface area (Å²) in [4.78, 5) is 4.70. The summed E-state index contributed by atoms with van der Waals surface area (Å²) in [6.45, 7) is 6.28. The van der Waals surface area contributed by atoms with Gasteiger partial charge in [0.15, 0.2) is 17.5 Å². The molecular formula is C21H30IN3O2. The van der Waals surface area contributed by atoms with Gasteiger partial charge in [-0.1, -0.05) is 43.3 Å². The lowest BCUT2D eigenvalue weighted by Gasteiger charge is -2.14. The van der Waals surface area contributed by atoms with Crippen LogP contribution in [0.25, 0.3) is 0 Å². The molecule has 0 aliphatic rings. The Labute approximate surface area is 179 Å². The molecule has 5 nitrogen and oxygen atoms in total. The normalized spacial score (nSPS) is 10.7. The lowest BCUT2D eigenvalue weighted by atomic mass is 10.1. The number of rotatable bonds is 8. The minimum absolute atomic E-state index is 0. The van der Waals surface area contributed by atoms with E-state index in [2.05, 4.69) is 48.7 Å². The molecular weight excluding hydrogens is 453 g/mol. The summed E-state index contributed by atoms with van der Waals surface area (Å²) in [5, 5.41) is 6.71. The number of nitrogens with one attached hydrogen (secondary N) is 2. The Hall–Kier alpha value is -1.96. The van der Waals surface area contributed by atoms with Crippen molar-refractivity contribution in [2.24, 2.45) is 4.99 Å². The van der Waals surface area contributed by atoms with Gasteiger partial charge in [0.2, 0.25) is 0 Å². The quantitative estimate of drug-likeness (QED) is 0.337. The van der Waals surface area contributed by atoms with Crippen LogP contribution in [0.1, 0.15) is 30.5 Å². The molecule has 0 saturated carbocycles. The monoisotopic (exact) mass is 483 g/mol. The highest BCUT2D eigenvalue weighted by Crippen LogP contribution is 2.31. The van der Waals surface area contributed by atoms with E-state index < -0.39 is 0 Å². The fourth-order valence-corrected chi connectivity index (χ4v) is 2.84. The molecule has 0 aromatic heterocycles. The van der Waals surface area contributed by atoms with Gasteiger partial charge in [-0.25, -0.2) is 4.99 Å². The van der Waals surface area contributed by atoms with Crippen molar-refractivity contribution in [3.63, 3.8) is 0 Å². The van der Waals surface area contributed by atoms with Crippen molar-refractivity contribution in [3.8, 4) is 11.5 Å². The number of nitrogens with zero attached hydrogens (tertiary/aromatic N) is 1. The lowest BCUT2D eigenvalue weighted by molar-refractivity contribution is 0.352. The highest BCUT2D eigenvalue weighted by molar-refractivity contribution is 14.0. The molecule has 0 unspecified atom stereocenters. The van der Waals surface area contributed by atoms with E-state index in [9.17, 15) is 0 Å². The second kappa shape index (κ2) is 12.4. The first-order valence-electron chi connectivity index (χ1n) is 9.02. The van der Waals surface area contributed by atoms with Crippen LogP contribution in [-0.4, -0.2) is 26.7 Å². The molecule has 0 heterocycles. The second-order valence-corrected chi connectivity index (χ2v) is 5.82. The summed E-state index contributed by atoms with van der Waals surface area (Å²) in [5.41, 5.74) is 3.63. The third-order valence-electron chi connectivity index (χ3n) is 4.18. The molecule has 0 atom stereocenters. The van der Waals surface area contributed by atoms with Gasteiger partial charge in [-0.15, -0.1) is 24.0 Å². The predicted octanol–water partition coefficient (Wildman–Crippen LogP) is 4.14. The Morgan fingerprint density at radius 1 is 0.889 bits per heavy atom. The molecule has 0 fully saturated rings. The molecule has 2 aromatic carbocycles. The van der Waals surface area contributed by atoms with Crippen molar-refractivity contribution in [1.82, 2.24) is 10.6 Å². The number of halogens is 1. The van der Waals surface area contributed by atoms with Crippen molar-refractivity contribution in [2.75, 3.05) is 20.8 Å². The van der Waals surface area contributed by atoms with Gasteiger partial charge in [-0.3, -0.25) is 0 Å². The zero-order chi connectivity index (χ0) is 18.8. The van der Waals surface area contributed by atoms with Crippen LogP contribution in [-0.2, 0) is 19.5 Å². The van der Waals surface area contributed by atoms with Crippen LogP contribution in [0.15, 0.2) is 47.5 Å². The number of benzene rings is 2. The van der Waals surface area contributed by atoms with Gasteiger partial charge in [0.05, 0.1) is 20.8 Å². The summed E-state index contributed by atoms with van der Waals surface area (Å²) in [7, 11) is 3.29. The molecule has 0 amide bonds. The number of hydrogen-bond acceptors (Lipinski definition) is 3. The maximum atomic E-state index is 5.48. The summed E-state index contributed by atoms with van der Waals surface area (Å²) in [6, 6.07) is 14.3. The largest absolute Gasteiger partial charge is 0.493 e. The van der Waals surface area contributed by atoms with Crippen molar-refractivity contribution in [1.29, 1.82) is 0 Å². The van der Waals surface area contributed by atoms with Crippen molar-refractivity contribution < 1.29 is 9.47 Å². The minimum Gasteiger partial charge on any atom is -0.493 e. The third kappa shape index (κ3) is 6.61. The number of hydrogen-bond donors (Lipinski definition) is 2. The number of guanidine groups is 1. The third-order valence-corrected chi connectivity index (χ3v) is 4.18. The first kappa shape index (κ1) is 23.1. The number of para-hydroxylation sites is 1. The van der Waals surface area contributed by atoms with Gasteiger partial charge < -0.3 is 20.1 Å². The maximum absolute atomic E-state index is 5.48. The molecule has 0 aliphatic heterocycles. The Balaban J connectivity index is 0.00000364. The van der Waals surface area contributed by atoms with Gasteiger partial charge >= 0.3 is 0 Å². The van der Waals surface area contributed by atoms with E-state index in [4.69, 9.17) is 14.5 Å². The molecule has 6 heteroatoms. The standard InChI is InChI=1S/C21H29N3O2.HI/c1-5-16-10-7-8-11-17(16)14-23-21(22-6-2)24-15-18-12-9-13-19(25-3)20(18)26-4;/h7-13H,5-6,14-15H2,1-4H3,(H2,22,23,24);1H. The summed E-state index contributed by atoms with van der Waals surface area (Å²) < 4.78 is 10.8. The Bertz CT molecular complexity index is 735. The van der Waals surface area contributed by atoms with Crippen molar-refractivity contribution in [2.45, 2.75) is 33.4 Å². The molecule has 0 saturated heterocycles. The number of aliphatic imine (C=N–C) groups is 1. The number of methoxy groups -OCH3 is 2. The summed E-state index contributed by atoms with van der Waals surface area (Å²) >= 11 is 0. The van der Waals surface area contributed by atoms with E-state index in [-0.39, 0.29) is 24.0 Å². The first-order chi connectivity index (χ1) is 12.7. The highest BCUT2D eigenvalue weighted by Gasteiger charge is 2.09. The molecule has 0 spiro atoms. The molecule has 0 radical (unpaired) electrons. The number of aryl methyl sites for hydroxylation is 1. The maximum Gasteiger partial charge on any atom is 0.191 e. The Morgan fingerprint density at radius 2 is 1.59 bits per heavy atom. The fourth-order valence-electron chi connectivity index (χ4n) is 2.84. The van der Waals surface area contributed by atoms with E-state index >= 15 is 0 Å². The molecule has 27 heavy (non-hydrogen) atoms. The highest BCUT2D eigenvalue weighted by atomic mass is 127. The fraction of sp³-hybridized carbons (Fsp3) is 0.381. The zero-order valence-electron chi connectivity index (χ0n) is 16.5. The molecule has 2 aromatic rings. The van der Waals surface area contributed by atoms with Crippen LogP contribution in [0.5, 0.6) is 11.5 Å². The van der Waals surface area contributed by atoms with E-state index in [1.54, 1.807) is 14.2 Å². The van der Waals surface area contributed by atoms with E-state index in [0.717, 1.165) is 42.5 Å². The van der Waals surface area contributed by atoms with Crippen molar-refractivity contribution >= 4 is 29.9 Å². The predicted molar refractivity (Wildman–Crippen MR) is 122 cm³/mol. The van der Waals surface area contributed by atoms with Crippen LogP contribution < -0.4 is 20.1 Å². The zero-order valence-corrected chi connectivity index (χ0v) is 18.9. The molecule has 148 valence electrons. The van der Waals surface area contributed by atoms with Gasteiger partial charge in [0.1, 0.15) is 0 Å². The SMILES string of the molecule is CCNC(=NCc1cccc(OC)c1OC)NCc1ccccc1CC.I. The molecule has 0 bridgehead atoms. The molecule has 2 rings (SSSR count). The number of ether oxygens (including phenoxy) is 2. The molecule has 2 N–H and O–H groups in total. The van der Waals surface area contributed by atoms with Gasteiger partial charge in [-0.05, 0) is 30.5 Å². The topological polar surface area (TPSA) is 54.9 Å². The van der Waals surface area contributed by atoms with E-state index in [1.807, 2.05) is 18.2 Å². The van der Waals surface area contributed by atoms with Gasteiger partial charge in [-0.2, -0.15) is 0 Å². The van der Waals surface area contributed by atoms with Gasteiger partial charge in [0, 0.05) is 18.7 Å². The van der Waals surface area contributed by atoms with Crippen LogP contribution in [0.3, 0.4) is 0 Å². The second-order valence-electron chi connectivity index (χ2n) is 5.82. The van der Waals surface area contributed by atoms with Crippen LogP contribution in [0.4, 0.5) is 0 Å². The van der Waals surface area contributed by atoms with E-state index in [0.29, 0.717) is 6.54 Å². The Kier molecular flexibility index (Phi) is 10.6. The van der Waals surface area contributed by atoms with Crippen LogP contribution in [0.2, 0.25) is 0 Å². The lowest BCUT2D eigenvalue weighted by Crippen LogP contribution is -2.37. The van der Waals surface area contributed by atoms with Gasteiger partial charge in [0.25, 0.3) is 0 Å². The van der Waals surface area contributed by atoms with Crippen LogP contribution in [0, 0.1) is 0 Å². The summed E-state index contributed by atoms with van der Waals surface area (Å²) in [5.74, 6) is 2.23. The average Bonchev–Trinajstić information content (AvgIpc) is 2.69. The van der Waals surface area contributed by atoms with Crippen molar-refractivity contribution in [3.05, 3.63) is 59.2 Å². The molecule has 0 aliphatic carbocycles. The van der Waals surface area contributed by atoms with Crippen LogP contribution >= 0.6 is 24.0 Å². The Morgan fingerprint density at radius 3 is 2.22 bits per heavy atom. The average molecular weight is 483 g/mol. The summed E-state index contributed by atoms with van der Waals surface area (Å²) in [6.07, 6.45) is 1.02. The smallest absolute Gasteiger partial charge is 0.191 e. The first-order valence-corrected chi connectivity index (χ1v) is 9.02. The van der Waals surface area contributed by atoms with E-state index in [1.165, 1.54) is 11.1 Å². The minimum atomic E-state index is 0.